The molecular formula is C19H21N3O2. The molecule has 0 unspecified atom stereocenters. The number of rotatable bonds is 8. The van der Waals surface area contributed by atoms with Gasteiger partial charge < -0.3 is 16.0 Å². The van der Waals surface area contributed by atoms with Crippen molar-refractivity contribution in [3.8, 4) is 0 Å². The maximum atomic E-state index is 12.2. The molecule has 5 heteroatoms. The Balaban J connectivity index is 1.90. The molecule has 0 saturated heterocycles. The largest absolute Gasteiger partial charge is 0.348 e. The molecule has 0 radical (unpaired) electrons. The van der Waals surface area contributed by atoms with Gasteiger partial charge in [0.2, 0.25) is 5.91 Å². The molecule has 0 aliphatic heterocycles. The quantitative estimate of drug-likeness (QED) is 0.516. The Bertz CT molecular complexity index is 699. The third kappa shape index (κ3) is 5.70. The van der Waals surface area contributed by atoms with Gasteiger partial charge in [0.25, 0.3) is 5.91 Å². The lowest BCUT2D eigenvalue weighted by Gasteiger charge is -2.09. The lowest BCUT2D eigenvalue weighted by atomic mass is 10.1. The van der Waals surface area contributed by atoms with Crippen molar-refractivity contribution >= 4 is 17.5 Å². The summed E-state index contributed by atoms with van der Waals surface area (Å²) in [7, 11) is 0. The summed E-state index contributed by atoms with van der Waals surface area (Å²) < 4.78 is 0. The Morgan fingerprint density at radius 3 is 2.58 bits per heavy atom. The smallest absolute Gasteiger partial charge is 0.251 e. The van der Waals surface area contributed by atoms with Gasteiger partial charge in [-0.05, 0) is 23.8 Å². The first-order valence-corrected chi connectivity index (χ1v) is 7.72. The molecule has 0 bridgehead atoms. The van der Waals surface area contributed by atoms with Gasteiger partial charge in [0.15, 0.2) is 0 Å². The lowest BCUT2D eigenvalue weighted by molar-refractivity contribution is -0.115. The topological polar surface area (TPSA) is 70.2 Å². The van der Waals surface area contributed by atoms with Crippen LogP contribution in [0.15, 0.2) is 67.3 Å². The molecule has 124 valence electrons. The van der Waals surface area contributed by atoms with Crippen molar-refractivity contribution in [3.05, 3.63) is 78.4 Å². The Hall–Kier alpha value is -2.92. The molecule has 0 saturated carbocycles. The number of anilines is 1. The van der Waals surface area contributed by atoms with E-state index in [2.05, 4.69) is 22.5 Å². The summed E-state index contributed by atoms with van der Waals surface area (Å²) in [6.07, 6.45) is 1.69. The van der Waals surface area contributed by atoms with Crippen LogP contribution in [0.25, 0.3) is 0 Å². The minimum absolute atomic E-state index is 0.168. The highest BCUT2D eigenvalue weighted by molar-refractivity contribution is 5.97. The van der Waals surface area contributed by atoms with Crippen molar-refractivity contribution in [1.82, 2.24) is 10.6 Å². The standard InChI is InChI=1S/C19H21N3O2/c1-2-11-20-14-18(23)22-17-10-6-9-16(12-17)19(24)21-13-15-7-4-3-5-8-15/h2-10,12,20H,1,11,13-14H2,(H,21,24)(H,22,23). The van der Waals surface area contributed by atoms with E-state index in [-0.39, 0.29) is 18.4 Å². The van der Waals surface area contributed by atoms with Gasteiger partial charge in [0, 0.05) is 24.3 Å². The van der Waals surface area contributed by atoms with Gasteiger partial charge in [0.05, 0.1) is 6.54 Å². The first-order valence-electron chi connectivity index (χ1n) is 7.72. The first kappa shape index (κ1) is 17.4. The summed E-state index contributed by atoms with van der Waals surface area (Å²) in [6.45, 7) is 4.79. The average molecular weight is 323 g/mol. The van der Waals surface area contributed by atoms with E-state index in [1.165, 1.54) is 0 Å². The van der Waals surface area contributed by atoms with Crippen LogP contribution in [0.1, 0.15) is 15.9 Å². The van der Waals surface area contributed by atoms with E-state index in [1.54, 1.807) is 30.3 Å². The number of amides is 2. The highest BCUT2D eigenvalue weighted by Gasteiger charge is 2.07. The first-order chi connectivity index (χ1) is 11.7. The van der Waals surface area contributed by atoms with Gasteiger partial charge in [-0.3, -0.25) is 9.59 Å². The molecule has 2 aromatic rings. The highest BCUT2D eigenvalue weighted by Crippen LogP contribution is 2.11. The third-order valence-electron chi connectivity index (χ3n) is 3.28. The molecule has 2 amide bonds. The van der Waals surface area contributed by atoms with E-state index in [4.69, 9.17) is 0 Å². The van der Waals surface area contributed by atoms with Crippen LogP contribution in [-0.4, -0.2) is 24.9 Å². The van der Waals surface area contributed by atoms with Gasteiger partial charge >= 0.3 is 0 Å². The Labute approximate surface area is 141 Å². The van der Waals surface area contributed by atoms with Crippen molar-refractivity contribution in [3.63, 3.8) is 0 Å². The summed E-state index contributed by atoms with van der Waals surface area (Å²) >= 11 is 0. The van der Waals surface area contributed by atoms with E-state index < -0.39 is 0 Å². The van der Waals surface area contributed by atoms with Crippen LogP contribution >= 0.6 is 0 Å². The fraction of sp³-hybridized carbons (Fsp3) is 0.158. The number of carbonyl (C=O) groups is 2. The molecule has 0 aliphatic carbocycles. The molecule has 24 heavy (non-hydrogen) atoms. The second-order valence-electron chi connectivity index (χ2n) is 5.22. The maximum Gasteiger partial charge on any atom is 0.251 e. The molecule has 2 aromatic carbocycles. The Kier molecular flexibility index (Phi) is 6.73. The fourth-order valence-corrected chi connectivity index (χ4v) is 2.11. The van der Waals surface area contributed by atoms with Crippen molar-refractivity contribution in [2.75, 3.05) is 18.4 Å². The molecule has 3 N–H and O–H groups in total. The minimum atomic E-state index is -0.181. The second kappa shape index (κ2) is 9.27. The van der Waals surface area contributed by atoms with Crippen molar-refractivity contribution in [2.24, 2.45) is 0 Å². The van der Waals surface area contributed by atoms with Crippen molar-refractivity contribution < 1.29 is 9.59 Å². The molecule has 0 heterocycles. The van der Waals surface area contributed by atoms with E-state index >= 15 is 0 Å². The molecule has 0 aromatic heterocycles. The van der Waals surface area contributed by atoms with E-state index in [1.807, 2.05) is 30.3 Å². The van der Waals surface area contributed by atoms with Crippen LogP contribution in [0.4, 0.5) is 5.69 Å². The highest BCUT2D eigenvalue weighted by atomic mass is 16.2. The molecule has 0 atom stereocenters. The zero-order valence-electron chi connectivity index (χ0n) is 13.4. The number of hydrogen-bond donors (Lipinski definition) is 3. The van der Waals surface area contributed by atoms with Crippen LogP contribution in [0.3, 0.4) is 0 Å². The van der Waals surface area contributed by atoms with Gasteiger partial charge in [-0.2, -0.15) is 0 Å². The third-order valence-corrected chi connectivity index (χ3v) is 3.28. The van der Waals surface area contributed by atoms with E-state index in [0.717, 1.165) is 5.56 Å². The summed E-state index contributed by atoms with van der Waals surface area (Å²) in [4.78, 5) is 24.0. The fourth-order valence-electron chi connectivity index (χ4n) is 2.11. The van der Waals surface area contributed by atoms with Crippen LogP contribution in [0.2, 0.25) is 0 Å². The van der Waals surface area contributed by atoms with Gasteiger partial charge in [-0.1, -0.05) is 42.5 Å². The van der Waals surface area contributed by atoms with Crippen LogP contribution in [0, 0.1) is 0 Å². The SMILES string of the molecule is C=CCNCC(=O)Nc1cccc(C(=O)NCc2ccccc2)c1. The van der Waals surface area contributed by atoms with Crippen LogP contribution in [0.5, 0.6) is 0 Å². The predicted molar refractivity (Wildman–Crippen MR) is 95.8 cm³/mol. The average Bonchev–Trinajstić information content (AvgIpc) is 2.61. The molecular weight excluding hydrogens is 302 g/mol. The molecule has 5 nitrogen and oxygen atoms in total. The Morgan fingerprint density at radius 1 is 1.04 bits per heavy atom. The lowest BCUT2D eigenvalue weighted by Crippen LogP contribution is -2.28. The summed E-state index contributed by atoms with van der Waals surface area (Å²) in [5.41, 5.74) is 2.12. The summed E-state index contributed by atoms with van der Waals surface area (Å²) in [5, 5.41) is 8.54. The van der Waals surface area contributed by atoms with E-state index in [9.17, 15) is 9.59 Å². The number of hydrogen-bond acceptors (Lipinski definition) is 3. The number of nitrogens with one attached hydrogen (secondary N) is 3. The van der Waals surface area contributed by atoms with Crippen LogP contribution in [-0.2, 0) is 11.3 Å². The summed E-state index contributed by atoms with van der Waals surface area (Å²) in [5.74, 6) is -0.349. The monoisotopic (exact) mass is 323 g/mol. The van der Waals surface area contributed by atoms with Crippen LogP contribution < -0.4 is 16.0 Å². The van der Waals surface area contributed by atoms with Gasteiger partial charge in [-0.25, -0.2) is 0 Å². The number of carbonyl (C=O) groups excluding carboxylic acids is 2. The van der Waals surface area contributed by atoms with Gasteiger partial charge in [0.1, 0.15) is 0 Å². The van der Waals surface area contributed by atoms with Crippen molar-refractivity contribution in [2.45, 2.75) is 6.54 Å². The second-order valence-corrected chi connectivity index (χ2v) is 5.22. The molecule has 0 fully saturated rings. The number of benzene rings is 2. The molecule has 0 aliphatic rings. The maximum absolute atomic E-state index is 12.2. The van der Waals surface area contributed by atoms with E-state index in [0.29, 0.717) is 24.3 Å². The molecule has 2 rings (SSSR count). The zero-order chi connectivity index (χ0) is 17.2. The normalized spacial score (nSPS) is 10.0. The van der Waals surface area contributed by atoms with Gasteiger partial charge in [-0.15, -0.1) is 6.58 Å². The minimum Gasteiger partial charge on any atom is -0.348 e. The summed E-state index contributed by atoms with van der Waals surface area (Å²) in [6, 6.07) is 16.6. The molecule has 0 spiro atoms. The Morgan fingerprint density at radius 2 is 1.83 bits per heavy atom. The zero-order valence-corrected chi connectivity index (χ0v) is 13.4. The predicted octanol–water partition coefficient (Wildman–Crippen LogP) is 2.33. The van der Waals surface area contributed by atoms with Crippen molar-refractivity contribution in [1.29, 1.82) is 0 Å².